The molecule has 0 saturated heterocycles. The predicted octanol–water partition coefficient (Wildman–Crippen LogP) is 5.62. The Morgan fingerprint density at radius 3 is 2.18 bits per heavy atom. The fraction of sp³-hybridized carbons (Fsp3) is 0.500. The largest absolute Gasteiger partial charge is 0.493 e. The van der Waals surface area contributed by atoms with Crippen LogP contribution in [0.3, 0.4) is 0 Å². The van der Waals surface area contributed by atoms with Gasteiger partial charge in [0.2, 0.25) is 11.8 Å². The average Bonchev–Trinajstić information content (AvgIpc) is 2.80. The van der Waals surface area contributed by atoms with Crippen molar-refractivity contribution >= 4 is 11.8 Å². The van der Waals surface area contributed by atoms with Gasteiger partial charge < -0.3 is 15.4 Å². The van der Waals surface area contributed by atoms with Gasteiger partial charge in [-0.3, -0.25) is 9.59 Å². The van der Waals surface area contributed by atoms with Crippen molar-refractivity contribution in [3.05, 3.63) is 65.7 Å². The fourth-order valence-electron chi connectivity index (χ4n) is 3.71. The minimum absolute atomic E-state index is 0.00905. The number of carbonyl (C=O) groups excluding carboxylic acids is 2. The first-order valence-corrected chi connectivity index (χ1v) is 12.1. The fourth-order valence-corrected chi connectivity index (χ4v) is 3.71. The Balaban J connectivity index is 2.09. The molecule has 5 heteroatoms. The number of hydrogen-bond acceptors (Lipinski definition) is 3. The Morgan fingerprint density at radius 2 is 1.58 bits per heavy atom. The molecule has 0 saturated carbocycles. The zero-order valence-electron chi connectivity index (χ0n) is 20.8. The smallest absolute Gasteiger partial charge is 0.227 e. The van der Waals surface area contributed by atoms with Gasteiger partial charge in [0.1, 0.15) is 5.75 Å². The summed E-state index contributed by atoms with van der Waals surface area (Å²) in [7, 11) is 0. The standard InChI is InChI=1S/C28H40N2O3/c1-6-10-21(4)19-33-25-15-13-24(14-16-25)26(18-29-27(31)17-20(2)3)30-28(32)22(5)23-11-8-7-9-12-23/h7-9,11-16,20-22,26H,6,10,17-19H2,1-5H3,(H,29,31)(H,30,32)/t21?,22-,26-/m0/s1. The Morgan fingerprint density at radius 1 is 0.909 bits per heavy atom. The van der Waals surface area contributed by atoms with Crippen LogP contribution < -0.4 is 15.4 Å². The zero-order chi connectivity index (χ0) is 24.2. The molecule has 0 radical (unpaired) electrons. The van der Waals surface area contributed by atoms with Crippen molar-refractivity contribution in [3.8, 4) is 5.75 Å². The Kier molecular flexibility index (Phi) is 10.9. The molecule has 2 aromatic rings. The summed E-state index contributed by atoms with van der Waals surface area (Å²) < 4.78 is 5.92. The van der Waals surface area contributed by atoms with Gasteiger partial charge in [0.05, 0.1) is 18.6 Å². The van der Waals surface area contributed by atoms with E-state index in [2.05, 4.69) is 24.5 Å². The molecule has 0 bridgehead atoms. The van der Waals surface area contributed by atoms with E-state index in [0.29, 0.717) is 25.5 Å². The molecule has 0 aromatic heterocycles. The van der Waals surface area contributed by atoms with E-state index in [1.807, 2.05) is 75.4 Å². The van der Waals surface area contributed by atoms with Crippen LogP contribution in [0, 0.1) is 11.8 Å². The molecule has 2 rings (SSSR count). The third-order valence-corrected chi connectivity index (χ3v) is 5.70. The zero-order valence-corrected chi connectivity index (χ0v) is 20.8. The lowest BCUT2D eigenvalue weighted by Gasteiger charge is -2.23. The lowest BCUT2D eigenvalue weighted by atomic mass is 9.99. The van der Waals surface area contributed by atoms with Crippen LogP contribution in [0.4, 0.5) is 0 Å². The van der Waals surface area contributed by atoms with E-state index in [1.54, 1.807) is 0 Å². The quantitative estimate of drug-likeness (QED) is 0.414. The highest BCUT2D eigenvalue weighted by atomic mass is 16.5. The molecule has 0 aliphatic heterocycles. The molecule has 0 aliphatic rings. The summed E-state index contributed by atoms with van der Waals surface area (Å²) >= 11 is 0. The molecule has 2 aromatic carbocycles. The summed E-state index contributed by atoms with van der Waals surface area (Å²) in [5.74, 6) is 1.24. The monoisotopic (exact) mass is 452 g/mol. The van der Waals surface area contributed by atoms with E-state index in [1.165, 1.54) is 0 Å². The maximum Gasteiger partial charge on any atom is 0.227 e. The Hall–Kier alpha value is -2.82. The predicted molar refractivity (Wildman–Crippen MR) is 134 cm³/mol. The first-order chi connectivity index (χ1) is 15.8. The van der Waals surface area contributed by atoms with Crippen molar-refractivity contribution < 1.29 is 14.3 Å². The van der Waals surface area contributed by atoms with Crippen molar-refractivity contribution in [2.75, 3.05) is 13.2 Å². The number of hydrogen-bond donors (Lipinski definition) is 2. The molecule has 2 N–H and O–H groups in total. The second-order valence-electron chi connectivity index (χ2n) is 9.37. The number of rotatable bonds is 13. The maximum atomic E-state index is 13.0. The summed E-state index contributed by atoms with van der Waals surface area (Å²) in [5.41, 5.74) is 1.89. The highest BCUT2D eigenvalue weighted by molar-refractivity contribution is 5.83. The number of carbonyl (C=O) groups is 2. The molecule has 33 heavy (non-hydrogen) atoms. The van der Waals surface area contributed by atoms with Gasteiger partial charge in [-0.15, -0.1) is 0 Å². The van der Waals surface area contributed by atoms with Crippen LogP contribution in [0.5, 0.6) is 5.75 Å². The Labute approximate surface area is 199 Å². The summed E-state index contributed by atoms with van der Waals surface area (Å²) in [6.07, 6.45) is 2.75. The number of nitrogens with one attached hydrogen (secondary N) is 2. The first kappa shape index (κ1) is 26.4. The average molecular weight is 453 g/mol. The number of amides is 2. The van der Waals surface area contributed by atoms with Crippen LogP contribution in [0.15, 0.2) is 54.6 Å². The van der Waals surface area contributed by atoms with Gasteiger partial charge >= 0.3 is 0 Å². The van der Waals surface area contributed by atoms with Crippen LogP contribution in [0.1, 0.15) is 77.0 Å². The maximum absolute atomic E-state index is 13.0. The van der Waals surface area contributed by atoms with E-state index in [0.717, 1.165) is 29.7 Å². The summed E-state index contributed by atoms with van der Waals surface area (Å²) in [6.45, 7) is 11.3. The van der Waals surface area contributed by atoms with Gasteiger partial charge in [0.25, 0.3) is 0 Å². The molecular formula is C28H40N2O3. The van der Waals surface area contributed by atoms with Crippen LogP contribution in [-0.4, -0.2) is 25.0 Å². The third kappa shape index (κ3) is 9.29. The van der Waals surface area contributed by atoms with Gasteiger partial charge in [-0.25, -0.2) is 0 Å². The van der Waals surface area contributed by atoms with E-state index < -0.39 is 0 Å². The summed E-state index contributed by atoms with van der Waals surface area (Å²) in [6, 6.07) is 17.2. The van der Waals surface area contributed by atoms with Gasteiger partial charge in [-0.1, -0.05) is 76.6 Å². The van der Waals surface area contributed by atoms with Crippen LogP contribution in [-0.2, 0) is 9.59 Å². The molecule has 0 heterocycles. The second-order valence-corrected chi connectivity index (χ2v) is 9.37. The van der Waals surface area contributed by atoms with Crippen molar-refractivity contribution in [2.45, 2.75) is 65.8 Å². The molecule has 0 aliphatic carbocycles. The summed E-state index contributed by atoms with van der Waals surface area (Å²) in [5, 5.41) is 6.11. The van der Waals surface area contributed by atoms with E-state index in [4.69, 9.17) is 4.74 Å². The Bertz CT molecular complexity index is 849. The van der Waals surface area contributed by atoms with E-state index in [9.17, 15) is 9.59 Å². The van der Waals surface area contributed by atoms with E-state index in [-0.39, 0.29) is 29.7 Å². The molecule has 3 atom stereocenters. The molecule has 0 fully saturated rings. The van der Waals surface area contributed by atoms with Crippen LogP contribution in [0.2, 0.25) is 0 Å². The third-order valence-electron chi connectivity index (χ3n) is 5.70. The number of benzene rings is 2. The van der Waals surface area contributed by atoms with E-state index >= 15 is 0 Å². The first-order valence-electron chi connectivity index (χ1n) is 12.1. The minimum atomic E-state index is -0.326. The van der Waals surface area contributed by atoms with Crippen molar-refractivity contribution in [3.63, 3.8) is 0 Å². The van der Waals surface area contributed by atoms with Crippen LogP contribution in [0.25, 0.3) is 0 Å². The van der Waals surface area contributed by atoms with Crippen molar-refractivity contribution in [2.24, 2.45) is 11.8 Å². The van der Waals surface area contributed by atoms with Crippen molar-refractivity contribution in [1.82, 2.24) is 10.6 Å². The topological polar surface area (TPSA) is 67.4 Å². The minimum Gasteiger partial charge on any atom is -0.493 e. The molecular weight excluding hydrogens is 412 g/mol. The normalized spacial score (nSPS) is 13.8. The molecule has 180 valence electrons. The molecule has 0 spiro atoms. The highest BCUT2D eigenvalue weighted by Crippen LogP contribution is 2.21. The highest BCUT2D eigenvalue weighted by Gasteiger charge is 2.21. The molecule has 5 nitrogen and oxygen atoms in total. The molecule has 2 amide bonds. The number of ether oxygens (including phenoxy) is 1. The molecule has 1 unspecified atom stereocenters. The van der Waals surface area contributed by atoms with Gasteiger partial charge in [-0.2, -0.15) is 0 Å². The lowest BCUT2D eigenvalue weighted by molar-refractivity contribution is -0.124. The van der Waals surface area contributed by atoms with Crippen LogP contribution >= 0.6 is 0 Å². The van der Waals surface area contributed by atoms with Gasteiger partial charge in [-0.05, 0) is 48.4 Å². The SMILES string of the molecule is CCCC(C)COc1ccc([C@H](CNC(=O)CC(C)C)NC(=O)[C@@H](C)c2ccccc2)cc1. The second kappa shape index (κ2) is 13.7. The van der Waals surface area contributed by atoms with Gasteiger partial charge in [0.15, 0.2) is 0 Å². The van der Waals surface area contributed by atoms with Gasteiger partial charge in [0, 0.05) is 13.0 Å². The lowest BCUT2D eigenvalue weighted by Crippen LogP contribution is -2.39. The summed E-state index contributed by atoms with van der Waals surface area (Å²) in [4.78, 5) is 25.2. The van der Waals surface area contributed by atoms with Crippen molar-refractivity contribution in [1.29, 1.82) is 0 Å².